The highest BCUT2D eigenvalue weighted by Gasteiger charge is 1.99. The van der Waals surface area contributed by atoms with Gasteiger partial charge in [-0.25, -0.2) is 4.79 Å². The summed E-state index contributed by atoms with van der Waals surface area (Å²) < 4.78 is 0. The second kappa shape index (κ2) is 4.54. The Balaban J connectivity index is 0.000000236. The molecule has 0 saturated heterocycles. The van der Waals surface area contributed by atoms with E-state index < -0.39 is 5.97 Å². The third kappa shape index (κ3) is 4.19. The average Bonchev–Trinajstić information content (AvgIpc) is 2.90. The van der Waals surface area contributed by atoms with Crippen LogP contribution in [0.4, 0.5) is 0 Å². The lowest BCUT2D eigenvalue weighted by Crippen LogP contribution is -1.94. The maximum Gasteiger partial charge on any atom is 0.335 e. The third-order valence-corrected chi connectivity index (χ3v) is 1.52. The second-order valence-electron chi connectivity index (χ2n) is 2.34. The van der Waals surface area contributed by atoms with E-state index in [-0.39, 0.29) is 5.56 Å². The number of carboxylic acid groups (broad SMARTS) is 1. The summed E-state index contributed by atoms with van der Waals surface area (Å²) in [4.78, 5) is 10.3. The number of carbonyl (C=O) groups is 1. The fraction of sp³-hybridized carbons (Fsp3) is 0.100. The van der Waals surface area contributed by atoms with Crippen LogP contribution in [0.5, 0.6) is 0 Å². The van der Waals surface area contributed by atoms with Gasteiger partial charge in [-0.1, -0.05) is 23.4 Å². The molecule has 0 bridgehead atoms. The number of carboxylic acids is 1. The Morgan fingerprint density at radius 1 is 1.31 bits per heavy atom. The van der Waals surface area contributed by atoms with Gasteiger partial charge < -0.3 is 5.11 Å². The SMILES string of the molecule is C1#CC1.O=C(O)c1ccc(Cl)cc1. The van der Waals surface area contributed by atoms with Crippen molar-refractivity contribution in [2.24, 2.45) is 0 Å². The van der Waals surface area contributed by atoms with Crippen LogP contribution in [0.15, 0.2) is 24.3 Å². The Bertz CT molecular complexity index is 351. The fourth-order valence-corrected chi connectivity index (χ4v) is 0.718. The van der Waals surface area contributed by atoms with Gasteiger partial charge in [0, 0.05) is 5.02 Å². The average molecular weight is 195 g/mol. The van der Waals surface area contributed by atoms with Gasteiger partial charge in [0.05, 0.1) is 12.0 Å². The third-order valence-electron chi connectivity index (χ3n) is 1.27. The Morgan fingerprint density at radius 3 is 2.08 bits per heavy atom. The molecule has 3 heteroatoms. The van der Waals surface area contributed by atoms with Gasteiger partial charge in [-0.2, -0.15) is 0 Å². The minimum atomic E-state index is -0.934. The van der Waals surface area contributed by atoms with Crippen LogP contribution < -0.4 is 0 Å². The van der Waals surface area contributed by atoms with E-state index in [0.29, 0.717) is 5.02 Å². The molecule has 2 nitrogen and oxygen atoms in total. The van der Waals surface area contributed by atoms with Gasteiger partial charge in [0.2, 0.25) is 0 Å². The van der Waals surface area contributed by atoms with E-state index in [0.717, 1.165) is 6.42 Å². The van der Waals surface area contributed by atoms with E-state index in [9.17, 15) is 4.79 Å². The van der Waals surface area contributed by atoms with Gasteiger partial charge in [0.25, 0.3) is 0 Å². The molecule has 0 aliphatic heterocycles. The molecule has 0 heterocycles. The Morgan fingerprint density at radius 2 is 1.77 bits per heavy atom. The number of hydrogen-bond acceptors (Lipinski definition) is 1. The zero-order chi connectivity index (χ0) is 9.68. The van der Waals surface area contributed by atoms with E-state index in [1.807, 2.05) is 0 Å². The topological polar surface area (TPSA) is 37.3 Å². The molecule has 0 amide bonds. The van der Waals surface area contributed by atoms with Crippen molar-refractivity contribution in [1.82, 2.24) is 0 Å². The first kappa shape index (κ1) is 9.63. The molecule has 0 radical (unpaired) electrons. The predicted molar refractivity (Wildman–Crippen MR) is 50.8 cm³/mol. The van der Waals surface area contributed by atoms with Crippen molar-refractivity contribution in [3.63, 3.8) is 0 Å². The van der Waals surface area contributed by atoms with E-state index >= 15 is 0 Å². The molecule has 0 unspecified atom stereocenters. The quantitative estimate of drug-likeness (QED) is 0.698. The molecule has 2 rings (SSSR count). The van der Waals surface area contributed by atoms with Crippen LogP contribution in [0.3, 0.4) is 0 Å². The smallest absolute Gasteiger partial charge is 0.335 e. The predicted octanol–water partition coefficient (Wildman–Crippen LogP) is 2.43. The molecular weight excluding hydrogens is 188 g/mol. The Kier molecular flexibility index (Phi) is 3.36. The molecule has 66 valence electrons. The number of hydrogen-bond donors (Lipinski definition) is 1. The Labute approximate surface area is 81.1 Å². The number of benzene rings is 1. The van der Waals surface area contributed by atoms with Crippen LogP contribution in [0, 0.1) is 11.8 Å². The van der Waals surface area contributed by atoms with Gasteiger partial charge in [-0.05, 0) is 24.3 Å². The van der Waals surface area contributed by atoms with E-state index in [4.69, 9.17) is 16.7 Å². The van der Waals surface area contributed by atoms with Gasteiger partial charge >= 0.3 is 5.97 Å². The highest BCUT2D eigenvalue weighted by Crippen LogP contribution is 2.08. The maximum absolute atomic E-state index is 10.3. The molecule has 0 fully saturated rings. The first-order valence-corrected chi connectivity index (χ1v) is 4.02. The second-order valence-corrected chi connectivity index (χ2v) is 2.78. The highest BCUT2D eigenvalue weighted by molar-refractivity contribution is 6.30. The summed E-state index contributed by atoms with van der Waals surface area (Å²) in [6, 6.07) is 6.02. The van der Waals surface area contributed by atoms with Crippen LogP contribution in [-0.4, -0.2) is 11.1 Å². The molecule has 0 spiro atoms. The van der Waals surface area contributed by atoms with Gasteiger partial charge in [0.15, 0.2) is 0 Å². The molecule has 1 aromatic rings. The Hall–Kier alpha value is -1.46. The standard InChI is InChI=1S/C7H5ClO2.C3H2/c8-6-3-1-5(2-4-6)7(9)10;1-2-3-1/h1-4H,(H,9,10);1H2. The molecule has 1 aliphatic carbocycles. The van der Waals surface area contributed by atoms with Crippen LogP contribution in [-0.2, 0) is 0 Å². The summed E-state index contributed by atoms with van der Waals surface area (Å²) in [6.45, 7) is 0. The van der Waals surface area contributed by atoms with E-state index in [1.165, 1.54) is 12.1 Å². The van der Waals surface area contributed by atoms with Crippen molar-refractivity contribution in [3.8, 4) is 11.8 Å². The lowest BCUT2D eigenvalue weighted by atomic mass is 10.2. The minimum Gasteiger partial charge on any atom is -0.478 e. The summed E-state index contributed by atoms with van der Waals surface area (Å²) in [5.41, 5.74) is 0.254. The van der Waals surface area contributed by atoms with Gasteiger partial charge in [0.1, 0.15) is 0 Å². The lowest BCUT2D eigenvalue weighted by Gasteiger charge is -1.91. The molecule has 1 aliphatic rings. The van der Waals surface area contributed by atoms with Crippen molar-refractivity contribution < 1.29 is 9.90 Å². The van der Waals surface area contributed by atoms with Crippen LogP contribution in [0.2, 0.25) is 5.02 Å². The number of aromatic carboxylic acids is 1. The molecule has 0 atom stereocenters. The van der Waals surface area contributed by atoms with Crippen LogP contribution >= 0.6 is 11.6 Å². The summed E-state index contributed by atoms with van der Waals surface area (Å²) in [5, 5.41) is 8.98. The van der Waals surface area contributed by atoms with Crippen LogP contribution in [0.25, 0.3) is 0 Å². The minimum absolute atomic E-state index is 0.254. The summed E-state index contributed by atoms with van der Waals surface area (Å²) >= 11 is 5.52. The monoisotopic (exact) mass is 194 g/mol. The van der Waals surface area contributed by atoms with Crippen molar-refractivity contribution in [2.45, 2.75) is 6.42 Å². The van der Waals surface area contributed by atoms with Crippen molar-refractivity contribution in [2.75, 3.05) is 0 Å². The fourth-order valence-electron chi connectivity index (χ4n) is 0.592. The van der Waals surface area contributed by atoms with Crippen molar-refractivity contribution in [3.05, 3.63) is 34.9 Å². The summed E-state index contributed by atoms with van der Waals surface area (Å²) in [7, 11) is 0. The maximum atomic E-state index is 10.3. The highest BCUT2D eigenvalue weighted by atomic mass is 35.5. The molecule has 1 aromatic carbocycles. The zero-order valence-electron chi connectivity index (χ0n) is 6.75. The van der Waals surface area contributed by atoms with Crippen molar-refractivity contribution >= 4 is 17.6 Å². The molecule has 1 N–H and O–H groups in total. The first-order chi connectivity index (χ1) is 6.20. The number of halogens is 1. The van der Waals surface area contributed by atoms with E-state index in [2.05, 4.69) is 11.8 Å². The van der Waals surface area contributed by atoms with Crippen LogP contribution in [0.1, 0.15) is 16.8 Å². The molecular formula is C10H7ClO2. The first-order valence-electron chi connectivity index (χ1n) is 3.65. The largest absolute Gasteiger partial charge is 0.478 e. The van der Waals surface area contributed by atoms with Gasteiger partial charge in [-0.3, -0.25) is 0 Å². The van der Waals surface area contributed by atoms with Gasteiger partial charge in [-0.15, -0.1) is 0 Å². The molecule has 13 heavy (non-hydrogen) atoms. The lowest BCUT2D eigenvalue weighted by molar-refractivity contribution is 0.0697. The van der Waals surface area contributed by atoms with E-state index in [1.54, 1.807) is 12.1 Å². The summed E-state index contributed by atoms with van der Waals surface area (Å²) in [6.07, 6.45) is 1.00. The molecule has 0 aromatic heterocycles. The zero-order valence-corrected chi connectivity index (χ0v) is 7.51. The summed E-state index contributed by atoms with van der Waals surface area (Å²) in [5.74, 6) is 4.57. The molecule has 0 saturated carbocycles. The van der Waals surface area contributed by atoms with Crippen molar-refractivity contribution in [1.29, 1.82) is 0 Å². The normalized spacial score (nSPS) is 10.2. The number of rotatable bonds is 1.